The quantitative estimate of drug-likeness (QED) is 0.847. The summed E-state index contributed by atoms with van der Waals surface area (Å²) in [7, 11) is 0. The van der Waals surface area contributed by atoms with Crippen molar-refractivity contribution in [3.05, 3.63) is 51.2 Å². The summed E-state index contributed by atoms with van der Waals surface area (Å²) < 4.78 is 0. The lowest BCUT2D eigenvalue weighted by atomic mass is 10.2. The van der Waals surface area contributed by atoms with Crippen LogP contribution in [0.1, 0.15) is 39.5 Å². The summed E-state index contributed by atoms with van der Waals surface area (Å²) in [4.78, 5) is 14.4. The second-order valence-electron chi connectivity index (χ2n) is 5.01. The molecule has 1 aromatic carbocycles. The smallest absolute Gasteiger partial charge is 0.265 e. The van der Waals surface area contributed by atoms with E-state index in [-0.39, 0.29) is 5.91 Å². The Balaban J connectivity index is 2.08. The lowest BCUT2D eigenvalue weighted by Crippen LogP contribution is -2.13. The number of thiophene rings is 1. The molecule has 1 aromatic heterocycles. The van der Waals surface area contributed by atoms with Crippen LogP contribution in [0.4, 0.5) is 5.69 Å². The lowest BCUT2D eigenvalue weighted by Gasteiger charge is -2.07. The number of hydrogen-bond acceptors (Lipinski definition) is 3. The van der Waals surface area contributed by atoms with Crippen LogP contribution < -0.4 is 10.6 Å². The monoisotopic (exact) mass is 302 g/mol. The average molecular weight is 302 g/mol. The molecule has 0 fully saturated rings. The first-order valence-electron chi connectivity index (χ1n) is 7.34. The Morgan fingerprint density at radius 1 is 1.24 bits per heavy atom. The maximum absolute atomic E-state index is 12.3. The summed E-state index contributed by atoms with van der Waals surface area (Å²) in [5.41, 5.74) is 3.22. The molecule has 0 spiro atoms. The van der Waals surface area contributed by atoms with E-state index in [9.17, 15) is 4.79 Å². The fourth-order valence-corrected chi connectivity index (χ4v) is 3.21. The Kier molecular flexibility index (Phi) is 5.53. The van der Waals surface area contributed by atoms with Crippen LogP contribution in [0.2, 0.25) is 0 Å². The number of carbonyl (C=O) groups is 1. The lowest BCUT2D eigenvalue weighted by molar-refractivity contribution is 0.103. The minimum Gasteiger partial charge on any atom is -0.321 e. The van der Waals surface area contributed by atoms with E-state index < -0.39 is 0 Å². The predicted molar refractivity (Wildman–Crippen MR) is 90.2 cm³/mol. The number of hydrogen-bond donors (Lipinski definition) is 2. The molecular formula is C17H22N2OS. The van der Waals surface area contributed by atoms with Crippen LogP contribution in [-0.2, 0) is 13.0 Å². The van der Waals surface area contributed by atoms with E-state index in [4.69, 9.17) is 0 Å². The van der Waals surface area contributed by atoms with Gasteiger partial charge in [-0.25, -0.2) is 0 Å². The van der Waals surface area contributed by atoms with Crippen LogP contribution in [0.25, 0.3) is 0 Å². The van der Waals surface area contributed by atoms with Crippen molar-refractivity contribution in [3.63, 3.8) is 0 Å². The number of nitrogens with one attached hydrogen (secondary N) is 2. The van der Waals surface area contributed by atoms with Crippen molar-refractivity contribution in [2.24, 2.45) is 0 Å². The Hall–Kier alpha value is -1.65. The first-order valence-corrected chi connectivity index (χ1v) is 8.16. The molecule has 2 aromatic rings. The van der Waals surface area contributed by atoms with Gasteiger partial charge in [0.15, 0.2) is 0 Å². The number of carbonyl (C=O) groups excluding carboxylic acids is 1. The van der Waals surface area contributed by atoms with E-state index in [0.29, 0.717) is 0 Å². The summed E-state index contributed by atoms with van der Waals surface area (Å²) in [6, 6.07) is 9.94. The minimum absolute atomic E-state index is 0.0246. The SMILES string of the molecule is CCNCc1cccc(NC(=O)c2cc(C)c(CC)s2)c1. The summed E-state index contributed by atoms with van der Waals surface area (Å²) in [5.74, 6) is -0.0246. The van der Waals surface area contributed by atoms with E-state index in [1.807, 2.05) is 24.3 Å². The molecule has 0 atom stereocenters. The third kappa shape index (κ3) is 4.16. The highest BCUT2D eigenvalue weighted by atomic mass is 32.1. The van der Waals surface area contributed by atoms with Crippen LogP contribution in [0.15, 0.2) is 30.3 Å². The molecule has 4 heteroatoms. The topological polar surface area (TPSA) is 41.1 Å². The molecule has 3 nitrogen and oxygen atoms in total. The Morgan fingerprint density at radius 2 is 2.05 bits per heavy atom. The molecule has 0 aliphatic heterocycles. The third-order valence-corrected chi connectivity index (χ3v) is 4.71. The second-order valence-corrected chi connectivity index (χ2v) is 6.14. The molecule has 1 heterocycles. The van der Waals surface area contributed by atoms with Gasteiger partial charge in [0.25, 0.3) is 5.91 Å². The molecule has 1 amide bonds. The number of benzene rings is 1. The first kappa shape index (κ1) is 15.7. The van der Waals surface area contributed by atoms with Crippen LogP contribution in [-0.4, -0.2) is 12.5 Å². The summed E-state index contributed by atoms with van der Waals surface area (Å²) >= 11 is 1.58. The van der Waals surface area contributed by atoms with Crippen LogP contribution >= 0.6 is 11.3 Å². The van der Waals surface area contributed by atoms with Crippen molar-refractivity contribution in [1.82, 2.24) is 5.32 Å². The maximum Gasteiger partial charge on any atom is 0.265 e. The van der Waals surface area contributed by atoms with Gasteiger partial charge < -0.3 is 10.6 Å². The average Bonchev–Trinajstić information content (AvgIpc) is 2.87. The first-order chi connectivity index (χ1) is 10.1. The Bertz CT molecular complexity index is 619. The fourth-order valence-electron chi connectivity index (χ4n) is 2.20. The van der Waals surface area contributed by atoms with E-state index in [1.165, 1.54) is 16.0 Å². The van der Waals surface area contributed by atoms with Crippen molar-refractivity contribution in [2.45, 2.75) is 33.7 Å². The molecule has 0 aliphatic rings. The van der Waals surface area contributed by atoms with E-state index in [2.05, 4.69) is 37.5 Å². The molecule has 0 saturated carbocycles. The molecule has 2 rings (SSSR count). The highest BCUT2D eigenvalue weighted by Crippen LogP contribution is 2.23. The summed E-state index contributed by atoms with van der Waals surface area (Å²) in [6.07, 6.45) is 0.974. The number of aryl methyl sites for hydroxylation is 2. The van der Waals surface area contributed by atoms with Gasteiger partial charge in [0.05, 0.1) is 4.88 Å². The predicted octanol–water partition coefficient (Wildman–Crippen LogP) is 3.98. The molecule has 2 N–H and O–H groups in total. The van der Waals surface area contributed by atoms with Gasteiger partial charge in [-0.1, -0.05) is 26.0 Å². The molecule has 0 bridgehead atoms. The van der Waals surface area contributed by atoms with Crippen LogP contribution in [0.3, 0.4) is 0 Å². The minimum atomic E-state index is -0.0246. The fraction of sp³-hybridized carbons (Fsp3) is 0.353. The van der Waals surface area contributed by atoms with Gasteiger partial charge in [0.1, 0.15) is 0 Å². The zero-order chi connectivity index (χ0) is 15.2. The second kappa shape index (κ2) is 7.38. The highest BCUT2D eigenvalue weighted by Gasteiger charge is 2.12. The molecule has 0 radical (unpaired) electrons. The third-order valence-electron chi connectivity index (χ3n) is 3.33. The number of rotatable bonds is 6. The van der Waals surface area contributed by atoms with Crippen molar-refractivity contribution in [1.29, 1.82) is 0 Å². The Labute approximate surface area is 130 Å². The molecule has 0 aliphatic carbocycles. The van der Waals surface area contributed by atoms with E-state index in [1.54, 1.807) is 11.3 Å². The zero-order valence-corrected chi connectivity index (χ0v) is 13.6. The van der Waals surface area contributed by atoms with E-state index >= 15 is 0 Å². The van der Waals surface area contributed by atoms with Crippen molar-refractivity contribution < 1.29 is 4.79 Å². The van der Waals surface area contributed by atoms with Gasteiger partial charge in [-0.15, -0.1) is 11.3 Å². The van der Waals surface area contributed by atoms with Gasteiger partial charge >= 0.3 is 0 Å². The summed E-state index contributed by atoms with van der Waals surface area (Å²) in [6.45, 7) is 8.01. The largest absolute Gasteiger partial charge is 0.321 e. The Morgan fingerprint density at radius 3 is 2.71 bits per heavy atom. The molecule has 21 heavy (non-hydrogen) atoms. The molecule has 112 valence electrons. The van der Waals surface area contributed by atoms with Crippen molar-refractivity contribution in [2.75, 3.05) is 11.9 Å². The van der Waals surface area contributed by atoms with Crippen molar-refractivity contribution in [3.8, 4) is 0 Å². The van der Waals surface area contributed by atoms with Gasteiger partial charge in [-0.3, -0.25) is 4.79 Å². The molecule has 0 unspecified atom stereocenters. The van der Waals surface area contributed by atoms with Gasteiger partial charge in [0.2, 0.25) is 0 Å². The number of anilines is 1. The number of amides is 1. The van der Waals surface area contributed by atoms with Crippen LogP contribution in [0.5, 0.6) is 0 Å². The molecule has 0 saturated heterocycles. The summed E-state index contributed by atoms with van der Waals surface area (Å²) in [5, 5.41) is 6.27. The van der Waals surface area contributed by atoms with Crippen LogP contribution in [0, 0.1) is 6.92 Å². The van der Waals surface area contributed by atoms with Gasteiger partial charge in [0, 0.05) is 17.1 Å². The zero-order valence-electron chi connectivity index (χ0n) is 12.8. The molecular weight excluding hydrogens is 280 g/mol. The standard InChI is InChI=1S/C17H22N2OS/c1-4-15-12(3)9-16(21-15)17(20)19-14-8-6-7-13(10-14)11-18-5-2/h6-10,18H,4-5,11H2,1-3H3,(H,19,20). The van der Waals surface area contributed by atoms with Crippen molar-refractivity contribution >= 4 is 22.9 Å². The van der Waals surface area contributed by atoms with Gasteiger partial charge in [-0.2, -0.15) is 0 Å². The maximum atomic E-state index is 12.3. The highest BCUT2D eigenvalue weighted by molar-refractivity contribution is 7.14. The van der Waals surface area contributed by atoms with Gasteiger partial charge in [-0.05, 0) is 49.2 Å². The normalized spacial score (nSPS) is 10.6. The van der Waals surface area contributed by atoms with E-state index in [0.717, 1.165) is 30.1 Å².